The third-order valence-electron chi connectivity index (χ3n) is 2.14. The van der Waals surface area contributed by atoms with E-state index in [9.17, 15) is 9.18 Å². The van der Waals surface area contributed by atoms with Gasteiger partial charge in [-0.1, -0.05) is 0 Å². The molecule has 0 spiro atoms. The zero-order chi connectivity index (χ0) is 12.4. The molecule has 0 atom stereocenters. The molecule has 3 N–H and O–H groups in total. The Kier molecular flexibility index (Phi) is 2.73. The van der Waals surface area contributed by atoms with Gasteiger partial charge in [0.1, 0.15) is 11.6 Å². The lowest BCUT2D eigenvalue weighted by Crippen LogP contribution is -2.10. The number of anilines is 1. The first kappa shape index (κ1) is 11.1. The largest absolute Gasteiger partial charge is 0.382 e. The van der Waals surface area contributed by atoms with Gasteiger partial charge in [0.05, 0.1) is 5.69 Å². The molecule has 0 amide bonds. The second-order valence-electron chi connectivity index (χ2n) is 3.41. The number of benzene rings is 1. The molecule has 0 aliphatic heterocycles. The van der Waals surface area contributed by atoms with Crippen LogP contribution in [0.25, 0.3) is 0 Å². The quantitative estimate of drug-likeness (QED) is 0.778. The van der Waals surface area contributed by atoms with E-state index in [4.69, 9.17) is 5.73 Å². The van der Waals surface area contributed by atoms with Gasteiger partial charge in [0.15, 0.2) is 5.69 Å². The van der Waals surface area contributed by atoms with Crippen molar-refractivity contribution in [2.75, 3.05) is 5.73 Å². The van der Waals surface area contributed by atoms with Crippen LogP contribution in [0.1, 0.15) is 0 Å². The van der Waals surface area contributed by atoms with Gasteiger partial charge >= 0.3 is 0 Å². The van der Waals surface area contributed by atoms with E-state index >= 15 is 0 Å². The lowest BCUT2D eigenvalue weighted by atomic mass is 10.3. The number of nitrogen functional groups attached to an aromatic ring is 1. The third kappa shape index (κ3) is 2.22. The molecule has 0 fully saturated rings. The highest BCUT2D eigenvalue weighted by Gasteiger charge is 2.08. The van der Waals surface area contributed by atoms with Crippen LogP contribution in [0, 0.1) is 5.82 Å². The lowest BCUT2D eigenvalue weighted by Gasteiger charge is -1.91. The van der Waals surface area contributed by atoms with Gasteiger partial charge in [-0.25, -0.2) is 4.39 Å². The fourth-order valence-electron chi connectivity index (χ4n) is 1.27. The molecule has 88 valence electrons. The van der Waals surface area contributed by atoms with Crippen molar-refractivity contribution in [3.63, 3.8) is 0 Å². The number of halogens is 1. The van der Waals surface area contributed by atoms with E-state index in [1.807, 2.05) is 0 Å². The van der Waals surface area contributed by atoms with Gasteiger partial charge in [-0.15, -0.1) is 5.11 Å². The molecule has 2 rings (SSSR count). The van der Waals surface area contributed by atoms with Crippen molar-refractivity contribution in [2.24, 2.45) is 17.3 Å². The highest BCUT2D eigenvalue weighted by Crippen LogP contribution is 2.19. The minimum Gasteiger partial charge on any atom is -0.382 e. The number of aryl methyl sites for hydroxylation is 1. The smallest absolute Gasteiger partial charge is 0.296 e. The number of hydrogen-bond acceptors (Lipinski definition) is 4. The number of rotatable bonds is 2. The highest BCUT2D eigenvalue weighted by molar-refractivity contribution is 5.55. The molecule has 6 nitrogen and oxygen atoms in total. The summed E-state index contributed by atoms with van der Waals surface area (Å²) in [4.78, 5) is 11.5. The Morgan fingerprint density at radius 2 is 1.94 bits per heavy atom. The standard InChI is InChI=1S/C10H10FN5O/c1-16-10(17)8(9(12)15-16)14-13-7-4-2-6(11)3-5-7/h2-5,15H,12H2,1H3. The van der Waals surface area contributed by atoms with E-state index < -0.39 is 0 Å². The number of aromatic nitrogens is 2. The molecule has 0 unspecified atom stereocenters. The van der Waals surface area contributed by atoms with E-state index in [1.54, 1.807) is 0 Å². The zero-order valence-electron chi connectivity index (χ0n) is 9.01. The maximum absolute atomic E-state index is 12.6. The predicted molar refractivity (Wildman–Crippen MR) is 61.0 cm³/mol. The topological polar surface area (TPSA) is 88.5 Å². The minimum absolute atomic E-state index is 0.0387. The molecule has 1 aromatic heterocycles. The molecule has 1 heterocycles. The van der Waals surface area contributed by atoms with Crippen molar-refractivity contribution in [3.05, 3.63) is 40.4 Å². The van der Waals surface area contributed by atoms with Crippen molar-refractivity contribution < 1.29 is 4.39 Å². The van der Waals surface area contributed by atoms with E-state index in [0.717, 1.165) is 0 Å². The molecule has 0 aliphatic carbocycles. The van der Waals surface area contributed by atoms with Gasteiger partial charge in [0.25, 0.3) is 5.56 Å². The summed E-state index contributed by atoms with van der Waals surface area (Å²) in [7, 11) is 1.52. The van der Waals surface area contributed by atoms with Gasteiger partial charge in [0.2, 0.25) is 0 Å². The minimum atomic E-state index is -0.367. The van der Waals surface area contributed by atoms with Crippen LogP contribution in [0.4, 0.5) is 21.6 Å². The number of nitrogens with one attached hydrogen (secondary N) is 1. The van der Waals surface area contributed by atoms with Crippen LogP contribution < -0.4 is 11.3 Å². The van der Waals surface area contributed by atoms with Crippen LogP contribution in [0.5, 0.6) is 0 Å². The van der Waals surface area contributed by atoms with Crippen molar-refractivity contribution >= 4 is 17.2 Å². The van der Waals surface area contributed by atoms with E-state index in [1.165, 1.54) is 36.0 Å². The van der Waals surface area contributed by atoms with Gasteiger partial charge < -0.3 is 5.73 Å². The first-order valence-electron chi connectivity index (χ1n) is 4.79. The molecule has 0 saturated carbocycles. The Morgan fingerprint density at radius 3 is 2.47 bits per heavy atom. The molecule has 7 heteroatoms. The van der Waals surface area contributed by atoms with Crippen LogP contribution in [0.3, 0.4) is 0 Å². The van der Waals surface area contributed by atoms with Crippen molar-refractivity contribution in [3.8, 4) is 0 Å². The second-order valence-corrected chi connectivity index (χ2v) is 3.41. The van der Waals surface area contributed by atoms with Crippen LogP contribution in [-0.2, 0) is 7.05 Å². The Labute approximate surface area is 95.6 Å². The molecule has 1 aromatic carbocycles. The monoisotopic (exact) mass is 235 g/mol. The summed E-state index contributed by atoms with van der Waals surface area (Å²) in [6.45, 7) is 0. The van der Waals surface area contributed by atoms with Crippen molar-refractivity contribution in [2.45, 2.75) is 0 Å². The van der Waals surface area contributed by atoms with Crippen LogP contribution >= 0.6 is 0 Å². The fraction of sp³-hybridized carbons (Fsp3) is 0.100. The number of nitrogens with two attached hydrogens (primary N) is 1. The first-order valence-corrected chi connectivity index (χ1v) is 4.79. The SMILES string of the molecule is Cn1[nH]c(N)c(N=Nc2ccc(F)cc2)c1=O. The average Bonchev–Trinajstić information content (AvgIpc) is 2.54. The molecule has 17 heavy (non-hydrogen) atoms. The molecule has 0 radical (unpaired) electrons. The lowest BCUT2D eigenvalue weighted by molar-refractivity contribution is 0.628. The summed E-state index contributed by atoms with van der Waals surface area (Å²) in [6, 6.07) is 5.41. The molecule has 2 aromatic rings. The molecule has 0 aliphatic rings. The average molecular weight is 235 g/mol. The fourth-order valence-corrected chi connectivity index (χ4v) is 1.27. The Morgan fingerprint density at radius 1 is 1.29 bits per heavy atom. The summed E-state index contributed by atoms with van der Waals surface area (Å²) in [5.41, 5.74) is 5.65. The summed E-state index contributed by atoms with van der Waals surface area (Å²) >= 11 is 0. The Hall–Kier alpha value is -2.44. The number of H-pyrrole nitrogens is 1. The van der Waals surface area contributed by atoms with Gasteiger partial charge in [0, 0.05) is 7.05 Å². The predicted octanol–water partition coefficient (Wildman–Crippen LogP) is 1.85. The normalized spacial score (nSPS) is 11.2. The number of hydrogen-bond donors (Lipinski definition) is 2. The van der Waals surface area contributed by atoms with Crippen molar-refractivity contribution in [1.82, 2.24) is 9.78 Å². The van der Waals surface area contributed by atoms with E-state index in [-0.39, 0.29) is 22.9 Å². The number of nitrogens with zero attached hydrogens (tertiary/aromatic N) is 3. The van der Waals surface area contributed by atoms with Gasteiger partial charge in [-0.05, 0) is 24.3 Å². The first-order chi connectivity index (χ1) is 8.08. The Bertz CT molecular complexity index is 611. The molecular weight excluding hydrogens is 225 g/mol. The second kappa shape index (κ2) is 4.20. The van der Waals surface area contributed by atoms with Gasteiger partial charge in [-0.2, -0.15) is 5.11 Å². The maximum Gasteiger partial charge on any atom is 0.296 e. The summed E-state index contributed by atoms with van der Waals surface area (Å²) in [5, 5.41) is 10.1. The molecule has 0 bridgehead atoms. The number of azo groups is 1. The zero-order valence-corrected chi connectivity index (χ0v) is 9.01. The summed E-state index contributed by atoms with van der Waals surface area (Å²) in [5.74, 6) is -0.218. The van der Waals surface area contributed by atoms with Crippen LogP contribution in [-0.4, -0.2) is 9.78 Å². The molecule has 0 saturated heterocycles. The van der Waals surface area contributed by atoms with E-state index in [0.29, 0.717) is 5.69 Å². The molecular formula is C10H10FN5O. The van der Waals surface area contributed by atoms with Crippen LogP contribution in [0.15, 0.2) is 39.3 Å². The van der Waals surface area contributed by atoms with E-state index in [2.05, 4.69) is 15.3 Å². The van der Waals surface area contributed by atoms with Gasteiger partial charge in [-0.3, -0.25) is 14.6 Å². The number of aromatic amines is 1. The Balaban J connectivity index is 2.32. The van der Waals surface area contributed by atoms with Crippen LogP contribution in [0.2, 0.25) is 0 Å². The third-order valence-corrected chi connectivity index (χ3v) is 2.14. The van der Waals surface area contributed by atoms with Crippen molar-refractivity contribution in [1.29, 1.82) is 0 Å². The summed E-state index contributed by atoms with van der Waals surface area (Å²) in [6.07, 6.45) is 0. The highest BCUT2D eigenvalue weighted by atomic mass is 19.1. The summed E-state index contributed by atoms with van der Waals surface area (Å²) < 4.78 is 13.8. The maximum atomic E-state index is 12.6.